The van der Waals surface area contributed by atoms with E-state index in [1.54, 1.807) is 0 Å². The molecule has 17 heavy (non-hydrogen) atoms. The summed E-state index contributed by atoms with van der Waals surface area (Å²) in [6.45, 7) is 8.62. The third-order valence-corrected chi connectivity index (χ3v) is 3.46. The van der Waals surface area contributed by atoms with Crippen LogP contribution in [0.4, 0.5) is 0 Å². The zero-order valence-electron chi connectivity index (χ0n) is 11.3. The summed E-state index contributed by atoms with van der Waals surface area (Å²) in [4.78, 5) is 4.93. The molecule has 0 amide bonds. The number of aliphatic hydroxyl groups excluding tert-OH is 1. The summed E-state index contributed by atoms with van der Waals surface area (Å²) in [5, 5.41) is 12.1. The van der Waals surface area contributed by atoms with Crippen molar-refractivity contribution >= 4 is 0 Å². The molecule has 0 radical (unpaired) electrons. The van der Waals surface area contributed by atoms with Crippen molar-refractivity contribution in [3.8, 4) is 0 Å². The molecule has 0 spiro atoms. The van der Waals surface area contributed by atoms with E-state index in [1.807, 2.05) is 0 Å². The number of hydrogen-bond acceptors (Lipinski definition) is 4. The maximum atomic E-state index is 8.65. The molecule has 0 atom stereocenters. The van der Waals surface area contributed by atoms with E-state index in [1.165, 1.54) is 45.6 Å². The van der Waals surface area contributed by atoms with Crippen LogP contribution in [-0.4, -0.2) is 74.4 Å². The van der Waals surface area contributed by atoms with Gasteiger partial charge in [-0.25, -0.2) is 0 Å². The van der Waals surface area contributed by atoms with Crippen LogP contribution in [0.25, 0.3) is 0 Å². The van der Waals surface area contributed by atoms with Crippen LogP contribution >= 0.6 is 0 Å². The second-order valence-electron chi connectivity index (χ2n) is 5.03. The summed E-state index contributed by atoms with van der Waals surface area (Å²) in [6, 6.07) is 0. The monoisotopic (exact) mass is 243 g/mol. The first-order valence-electron chi connectivity index (χ1n) is 7.05. The Balaban J connectivity index is 1.81. The van der Waals surface area contributed by atoms with Gasteiger partial charge in [0, 0.05) is 45.9 Å². The first kappa shape index (κ1) is 14.9. The van der Waals surface area contributed by atoms with Gasteiger partial charge in [-0.15, -0.1) is 0 Å². The van der Waals surface area contributed by atoms with Crippen molar-refractivity contribution in [3.05, 3.63) is 0 Å². The Hall–Kier alpha value is -0.160. The van der Waals surface area contributed by atoms with Gasteiger partial charge < -0.3 is 15.3 Å². The van der Waals surface area contributed by atoms with Crippen LogP contribution in [0, 0.1) is 0 Å². The summed E-state index contributed by atoms with van der Waals surface area (Å²) < 4.78 is 0. The Bertz CT molecular complexity index is 170. The highest BCUT2D eigenvalue weighted by atomic mass is 16.2. The molecule has 1 rings (SSSR count). The molecule has 2 N–H and O–H groups in total. The molecule has 0 unspecified atom stereocenters. The van der Waals surface area contributed by atoms with Gasteiger partial charge in [0.25, 0.3) is 0 Å². The minimum absolute atomic E-state index is 0.344. The second kappa shape index (κ2) is 9.83. The molecule has 1 aliphatic heterocycles. The highest BCUT2D eigenvalue weighted by Gasteiger charge is 2.12. The highest BCUT2D eigenvalue weighted by molar-refractivity contribution is 4.69. The van der Waals surface area contributed by atoms with Crippen LogP contribution in [0.2, 0.25) is 0 Å². The fourth-order valence-corrected chi connectivity index (χ4v) is 2.15. The first-order chi connectivity index (χ1) is 8.33. The van der Waals surface area contributed by atoms with Gasteiger partial charge in [-0.3, -0.25) is 4.90 Å². The van der Waals surface area contributed by atoms with Crippen LogP contribution in [-0.2, 0) is 0 Å². The zero-order chi connectivity index (χ0) is 12.3. The number of unbranched alkanes of at least 4 members (excludes halogenated alkanes) is 3. The van der Waals surface area contributed by atoms with E-state index in [9.17, 15) is 0 Å². The lowest BCUT2D eigenvalue weighted by atomic mass is 10.2. The summed E-state index contributed by atoms with van der Waals surface area (Å²) >= 11 is 0. The molecule has 4 nitrogen and oxygen atoms in total. The molecule has 1 saturated heterocycles. The molecule has 0 saturated carbocycles. The first-order valence-corrected chi connectivity index (χ1v) is 7.05. The lowest BCUT2D eigenvalue weighted by molar-refractivity contribution is 0.155. The molecule has 0 bridgehead atoms. The quantitative estimate of drug-likeness (QED) is 0.574. The van der Waals surface area contributed by atoms with E-state index >= 15 is 0 Å². The van der Waals surface area contributed by atoms with Gasteiger partial charge >= 0.3 is 0 Å². The third kappa shape index (κ3) is 7.71. The maximum Gasteiger partial charge on any atom is 0.0431 e. The fourth-order valence-electron chi connectivity index (χ4n) is 2.15. The van der Waals surface area contributed by atoms with E-state index in [0.29, 0.717) is 6.61 Å². The lowest BCUT2D eigenvalue weighted by Crippen LogP contribution is -2.46. The average Bonchev–Trinajstić information content (AvgIpc) is 2.35. The zero-order valence-corrected chi connectivity index (χ0v) is 11.3. The molecule has 0 aromatic carbocycles. The standard InChI is InChI=1S/C13H29N3O/c1-15-9-11-16(12-10-15)8-7-14-6-4-2-3-5-13-17/h14,17H,2-13H2,1H3. The second-order valence-corrected chi connectivity index (χ2v) is 5.03. The van der Waals surface area contributed by atoms with Crippen molar-refractivity contribution < 1.29 is 5.11 Å². The van der Waals surface area contributed by atoms with E-state index in [2.05, 4.69) is 22.2 Å². The SMILES string of the molecule is CN1CCN(CCNCCCCCCO)CC1. The van der Waals surface area contributed by atoms with Gasteiger partial charge in [-0.1, -0.05) is 12.8 Å². The molecule has 1 heterocycles. The summed E-state index contributed by atoms with van der Waals surface area (Å²) in [5.41, 5.74) is 0. The van der Waals surface area contributed by atoms with Crippen molar-refractivity contribution in [2.75, 3.05) is 59.5 Å². The molecule has 0 aromatic heterocycles. The average molecular weight is 243 g/mol. The van der Waals surface area contributed by atoms with Crippen molar-refractivity contribution in [2.45, 2.75) is 25.7 Å². The number of aliphatic hydroxyl groups is 1. The predicted molar refractivity (Wildman–Crippen MR) is 72.4 cm³/mol. The number of likely N-dealkylation sites (N-methyl/N-ethyl adjacent to an activating group) is 1. The predicted octanol–water partition coefficient (Wildman–Crippen LogP) is 0.376. The molecule has 1 aliphatic rings. The largest absolute Gasteiger partial charge is 0.396 e. The van der Waals surface area contributed by atoms with Crippen LogP contribution in [0.15, 0.2) is 0 Å². The smallest absolute Gasteiger partial charge is 0.0431 e. The Morgan fingerprint density at radius 2 is 1.65 bits per heavy atom. The minimum Gasteiger partial charge on any atom is -0.396 e. The normalized spacial score (nSPS) is 18.7. The number of nitrogens with zero attached hydrogens (tertiary/aromatic N) is 2. The molecule has 4 heteroatoms. The Morgan fingerprint density at radius 1 is 0.941 bits per heavy atom. The summed E-state index contributed by atoms with van der Waals surface area (Å²) in [7, 11) is 2.20. The van der Waals surface area contributed by atoms with Gasteiger partial charge in [-0.05, 0) is 26.4 Å². The van der Waals surface area contributed by atoms with Crippen LogP contribution in [0.5, 0.6) is 0 Å². The molecule has 0 aliphatic carbocycles. The molecule has 1 fully saturated rings. The van der Waals surface area contributed by atoms with Gasteiger partial charge in [0.15, 0.2) is 0 Å². The highest BCUT2D eigenvalue weighted by Crippen LogP contribution is 1.99. The van der Waals surface area contributed by atoms with Crippen LogP contribution in [0.1, 0.15) is 25.7 Å². The Kier molecular flexibility index (Phi) is 8.61. The van der Waals surface area contributed by atoms with E-state index in [4.69, 9.17) is 5.11 Å². The number of hydrogen-bond donors (Lipinski definition) is 2. The molecular weight excluding hydrogens is 214 g/mol. The van der Waals surface area contributed by atoms with E-state index < -0.39 is 0 Å². The summed E-state index contributed by atoms with van der Waals surface area (Å²) in [6.07, 6.45) is 4.60. The van der Waals surface area contributed by atoms with Crippen LogP contribution in [0.3, 0.4) is 0 Å². The van der Waals surface area contributed by atoms with Gasteiger partial charge in [0.1, 0.15) is 0 Å². The Morgan fingerprint density at radius 3 is 2.35 bits per heavy atom. The van der Waals surface area contributed by atoms with Crippen molar-refractivity contribution in [1.82, 2.24) is 15.1 Å². The third-order valence-electron chi connectivity index (χ3n) is 3.46. The molecular formula is C13H29N3O. The van der Waals surface area contributed by atoms with Gasteiger partial charge in [0.2, 0.25) is 0 Å². The number of rotatable bonds is 9. The van der Waals surface area contributed by atoms with Gasteiger partial charge in [-0.2, -0.15) is 0 Å². The van der Waals surface area contributed by atoms with E-state index in [-0.39, 0.29) is 0 Å². The topological polar surface area (TPSA) is 38.7 Å². The van der Waals surface area contributed by atoms with Gasteiger partial charge in [0.05, 0.1) is 0 Å². The Labute approximate surface area is 106 Å². The minimum atomic E-state index is 0.344. The van der Waals surface area contributed by atoms with Crippen molar-refractivity contribution in [2.24, 2.45) is 0 Å². The van der Waals surface area contributed by atoms with Crippen molar-refractivity contribution in [1.29, 1.82) is 0 Å². The molecule has 0 aromatic rings. The number of piperazine rings is 1. The number of nitrogens with one attached hydrogen (secondary N) is 1. The fraction of sp³-hybridized carbons (Fsp3) is 1.00. The lowest BCUT2D eigenvalue weighted by Gasteiger charge is -2.32. The summed E-state index contributed by atoms with van der Waals surface area (Å²) in [5.74, 6) is 0. The molecule has 102 valence electrons. The van der Waals surface area contributed by atoms with Crippen LogP contribution < -0.4 is 5.32 Å². The maximum absolute atomic E-state index is 8.65. The van der Waals surface area contributed by atoms with Crippen molar-refractivity contribution in [3.63, 3.8) is 0 Å². The van der Waals surface area contributed by atoms with E-state index in [0.717, 1.165) is 25.9 Å².